The quantitative estimate of drug-likeness (QED) is 0.910. The number of thiazole rings is 1. The predicted octanol–water partition coefficient (Wildman–Crippen LogP) is 2.70. The van der Waals surface area contributed by atoms with Gasteiger partial charge in [-0.3, -0.25) is 0 Å². The Bertz CT molecular complexity index is 674. The molecular weight excluding hydrogens is 310 g/mol. The van der Waals surface area contributed by atoms with Crippen LogP contribution >= 0.6 is 11.3 Å². The molecule has 0 amide bonds. The molecule has 1 atom stereocenters. The van der Waals surface area contributed by atoms with E-state index in [1.165, 1.54) is 0 Å². The summed E-state index contributed by atoms with van der Waals surface area (Å²) < 4.78 is 5.93. The number of rotatable bonds is 2. The van der Waals surface area contributed by atoms with Crippen LogP contribution in [0.4, 0.5) is 11.8 Å². The summed E-state index contributed by atoms with van der Waals surface area (Å²) in [5, 5.41) is 3.16. The lowest BCUT2D eigenvalue weighted by molar-refractivity contribution is 0.0392. The molecule has 1 aliphatic rings. The molecule has 0 unspecified atom stereocenters. The van der Waals surface area contributed by atoms with Gasteiger partial charge in [-0.05, 0) is 6.92 Å². The van der Waals surface area contributed by atoms with Gasteiger partial charge in [0.05, 0.1) is 18.8 Å². The van der Waals surface area contributed by atoms with Crippen LogP contribution in [0, 0.1) is 6.92 Å². The summed E-state index contributed by atoms with van der Waals surface area (Å²) in [5.74, 6) is 1.17. The average molecular weight is 333 g/mol. The number of nitrogens with two attached hydrogens (primary N) is 1. The molecule has 0 saturated carbocycles. The minimum atomic E-state index is -0.0265. The Morgan fingerprint density at radius 3 is 2.74 bits per heavy atom. The number of anilines is 2. The molecule has 0 aromatic carbocycles. The van der Waals surface area contributed by atoms with Crippen LogP contribution in [0.25, 0.3) is 0 Å². The molecule has 2 N–H and O–H groups in total. The van der Waals surface area contributed by atoms with Crippen LogP contribution in [-0.4, -0.2) is 34.6 Å². The smallest absolute Gasteiger partial charge is 0.222 e. The summed E-state index contributed by atoms with van der Waals surface area (Å²) in [6.07, 6.45) is -0.0265. The van der Waals surface area contributed by atoms with Crippen LogP contribution in [0.2, 0.25) is 0 Å². The van der Waals surface area contributed by atoms with Gasteiger partial charge in [-0.2, -0.15) is 4.98 Å². The maximum absolute atomic E-state index is 5.93. The molecule has 1 saturated heterocycles. The second-order valence-electron chi connectivity index (χ2n) is 6.85. The molecule has 3 heterocycles. The number of aromatic nitrogens is 3. The lowest BCUT2D eigenvalue weighted by Crippen LogP contribution is -2.39. The van der Waals surface area contributed by atoms with Gasteiger partial charge in [-0.25, -0.2) is 9.97 Å². The van der Waals surface area contributed by atoms with E-state index in [1.54, 1.807) is 11.3 Å². The van der Waals surface area contributed by atoms with E-state index in [1.807, 2.05) is 13.0 Å². The highest BCUT2D eigenvalue weighted by Gasteiger charge is 2.27. The molecule has 124 valence electrons. The third-order valence-corrected chi connectivity index (χ3v) is 4.75. The number of hydrogen-bond donors (Lipinski definition) is 1. The van der Waals surface area contributed by atoms with Gasteiger partial charge in [0.2, 0.25) is 5.95 Å². The fourth-order valence-electron chi connectivity index (χ4n) is 2.52. The van der Waals surface area contributed by atoms with E-state index in [9.17, 15) is 0 Å². The Morgan fingerprint density at radius 2 is 2.09 bits per heavy atom. The second kappa shape index (κ2) is 6.05. The summed E-state index contributed by atoms with van der Waals surface area (Å²) in [7, 11) is 0. The lowest BCUT2D eigenvalue weighted by Gasteiger charge is -2.33. The van der Waals surface area contributed by atoms with Crippen molar-refractivity contribution in [1.82, 2.24) is 15.0 Å². The van der Waals surface area contributed by atoms with E-state index in [0.29, 0.717) is 12.6 Å². The van der Waals surface area contributed by atoms with Gasteiger partial charge < -0.3 is 15.4 Å². The predicted molar refractivity (Wildman–Crippen MR) is 92.9 cm³/mol. The normalized spacial score (nSPS) is 19.1. The molecule has 1 aliphatic heterocycles. The van der Waals surface area contributed by atoms with Crippen molar-refractivity contribution in [3.63, 3.8) is 0 Å². The van der Waals surface area contributed by atoms with Crippen LogP contribution in [0.3, 0.4) is 0 Å². The van der Waals surface area contributed by atoms with Crippen molar-refractivity contribution in [3.8, 4) is 0 Å². The Balaban J connectivity index is 1.79. The number of ether oxygens (including phenoxy) is 1. The molecule has 0 spiro atoms. The molecule has 23 heavy (non-hydrogen) atoms. The van der Waals surface area contributed by atoms with Gasteiger partial charge in [-0.1, -0.05) is 20.8 Å². The highest BCUT2D eigenvalue weighted by atomic mass is 32.1. The van der Waals surface area contributed by atoms with Crippen molar-refractivity contribution in [2.45, 2.75) is 39.2 Å². The first-order valence-electron chi connectivity index (χ1n) is 7.76. The maximum atomic E-state index is 5.93. The fourth-order valence-corrected chi connectivity index (χ4v) is 3.61. The van der Waals surface area contributed by atoms with Gasteiger partial charge in [0.1, 0.15) is 16.9 Å². The molecule has 0 aliphatic carbocycles. The van der Waals surface area contributed by atoms with Gasteiger partial charge in [-0.15, -0.1) is 11.3 Å². The first-order chi connectivity index (χ1) is 10.8. The molecule has 2 aromatic heterocycles. The minimum absolute atomic E-state index is 0.0265. The third kappa shape index (κ3) is 3.61. The molecule has 0 bridgehead atoms. The highest BCUT2D eigenvalue weighted by Crippen LogP contribution is 2.31. The zero-order chi connectivity index (χ0) is 16.6. The number of morpholine rings is 1. The van der Waals surface area contributed by atoms with Gasteiger partial charge in [0.25, 0.3) is 0 Å². The molecule has 1 fully saturated rings. The Kier molecular flexibility index (Phi) is 4.25. The van der Waals surface area contributed by atoms with Crippen molar-refractivity contribution >= 4 is 23.1 Å². The number of nitrogens with zero attached hydrogens (tertiary/aromatic N) is 4. The van der Waals surface area contributed by atoms with Gasteiger partial charge in [0.15, 0.2) is 0 Å². The first-order valence-corrected chi connectivity index (χ1v) is 8.64. The molecule has 7 heteroatoms. The molecule has 6 nitrogen and oxygen atoms in total. The highest BCUT2D eigenvalue weighted by molar-refractivity contribution is 7.09. The summed E-state index contributed by atoms with van der Waals surface area (Å²) in [6, 6.07) is 1.96. The van der Waals surface area contributed by atoms with E-state index >= 15 is 0 Å². The SMILES string of the molecule is Cc1cc(N2CCO[C@H](c3nc(C(C)(C)C)cs3)C2)nc(N)n1. The van der Waals surface area contributed by atoms with Gasteiger partial charge >= 0.3 is 0 Å². The van der Waals surface area contributed by atoms with E-state index in [4.69, 9.17) is 15.5 Å². The van der Waals surface area contributed by atoms with Crippen LogP contribution in [0.15, 0.2) is 11.4 Å². The van der Waals surface area contributed by atoms with E-state index < -0.39 is 0 Å². The number of aryl methyl sites for hydroxylation is 1. The van der Waals surface area contributed by atoms with Crippen LogP contribution < -0.4 is 10.6 Å². The Hall–Kier alpha value is -1.73. The van der Waals surface area contributed by atoms with Crippen LogP contribution in [0.1, 0.15) is 43.3 Å². The van der Waals surface area contributed by atoms with Crippen molar-refractivity contribution in [1.29, 1.82) is 0 Å². The molecule has 3 rings (SSSR count). The number of hydrogen-bond acceptors (Lipinski definition) is 7. The summed E-state index contributed by atoms with van der Waals surface area (Å²) in [6.45, 7) is 10.6. The minimum Gasteiger partial charge on any atom is -0.368 e. The first kappa shape index (κ1) is 16.1. The van der Waals surface area contributed by atoms with E-state index in [2.05, 4.69) is 41.0 Å². The monoisotopic (exact) mass is 333 g/mol. The molecular formula is C16H23N5OS. The van der Waals surface area contributed by atoms with Crippen LogP contribution in [-0.2, 0) is 10.2 Å². The summed E-state index contributed by atoms with van der Waals surface area (Å²) >= 11 is 1.67. The summed E-state index contributed by atoms with van der Waals surface area (Å²) in [4.78, 5) is 15.5. The average Bonchev–Trinajstić information content (AvgIpc) is 2.96. The third-order valence-electron chi connectivity index (χ3n) is 3.81. The van der Waals surface area contributed by atoms with Crippen molar-refractivity contribution in [2.24, 2.45) is 0 Å². The Labute approximate surface area is 140 Å². The van der Waals surface area contributed by atoms with Crippen molar-refractivity contribution < 1.29 is 4.74 Å². The van der Waals surface area contributed by atoms with Crippen molar-refractivity contribution in [3.05, 3.63) is 27.8 Å². The zero-order valence-electron chi connectivity index (χ0n) is 14.0. The zero-order valence-corrected chi connectivity index (χ0v) is 14.9. The fraction of sp³-hybridized carbons (Fsp3) is 0.562. The Morgan fingerprint density at radius 1 is 1.30 bits per heavy atom. The molecule has 0 radical (unpaired) electrons. The topological polar surface area (TPSA) is 77.2 Å². The maximum Gasteiger partial charge on any atom is 0.222 e. The summed E-state index contributed by atoms with van der Waals surface area (Å²) in [5.41, 5.74) is 7.82. The van der Waals surface area contributed by atoms with E-state index in [0.717, 1.165) is 35.3 Å². The number of nitrogen functional groups attached to an aromatic ring is 1. The largest absolute Gasteiger partial charge is 0.368 e. The van der Waals surface area contributed by atoms with Crippen LogP contribution in [0.5, 0.6) is 0 Å². The van der Waals surface area contributed by atoms with Crippen molar-refractivity contribution in [2.75, 3.05) is 30.3 Å². The van der Waals surface area contributed by atoms with Gasteiger partial charge in [0, 0.05) is 29.1 Å². The lowest BCUT2D eigenvalue weighted by atomic mass is 9.93. The van der Waals surface area contributed by atoms with E-state index in [-0.39, 0.29) is 11.5 Å². The molecule has 2 aromatic rings. The second-order valence-corrected chi connectivity index (χ2v) is 7.74. The standard InChI is InChI=1S/C16H23N5OS/c1-10-7-13(20-15(17)18-10)21-5-6-22-11(8-21)14-19-12(9-23-14)16(2,3)4/h7,9,11H,5-6,8H2,1-4H3,(H2,17,18,20)/t11-/m0/s1.